The third kappa shape index (κ3) is 2.84. The summed E-state index contributed by atoms with van der Waals surface area (Å²) in [7, 11) is 1.25. The lowest BCUT2D eigenvalue weighted by Crippen LogP contribution is -2.46. The number of methoxy groups -OCH3 is 1. The van der Waals surface area contributed by atoms with Crippen molar-refractivity contribution in [3.63, 3.8) is 0 Å². The Kier molecular flexibility index (Phi) is 4.05. The average molecular weight is 286 g/mol. The summed E-state index contributed by atoms with van der Waals surface area (Å²) in [5, 5.41) is -2.77. The molecule has 0 unspecified atom stereocenters. The number of para-hydroxylation sites is 2. The van der Waals surface area contributed by atoms with Gasteiger partial charge < -0.3 is 10.1 Å². The maximum atomic E-state index is 13.1. The van der Waals surface area contributed by atoms with Gasteiger partial charge in [0.05, 0.1) is 12.8 Å². The molecule has 0 radical (unpaired) electrons. The van der Waals surface area contributed by atoms with Crippen LogP contribution in [0.2, 0.25) is 0 Å². The van der Waals surface area contributed by atoms with E-state index < -0.39 is 17.2 Å². The molecular weight excluding hydrogens is 278 g/mol. The number of benzene rings is 1. The number of hydrogen-bond acceptors (Lipinski definition) is 2. The molecule has 0 bridgehead atoms. The van der Waals surface area contributed by atoms with E-state index in [1.807, 2.05) is 0 Å². The van der Waals surface area contributed by atoms with Crippen LogP contribution in [0.1, 0.15) is 0 Å². The van der Waals surface area contributed by atoms with Gasteiger partial charge in [0.15, 0.2) is 0 Å². The van der Waals surface area contributed by atoms with Gasteiger partial charge in [0, 0.05) is 0 Å². The molecule has 0 aromatic heterocycles. The van der Waals surface area contributed by atoms with Crippen LogP contribution in [0.15, 0.2) is 24.3 Å². The van der Waals surface area contributed by atoms with Crippen LogP contribution in [0.25, 0.3) is 0 Å². The van der Waals surface area contributed by atoms with Crippen LogP contribution >= 0.6 is 11.6 Å². The van der Waals surface area contributed by atoms with Crippen molar-refractivity contribution in [2.75, 3.05) is 12.4 Å². The normalized spacial score (nSPS) is 14.8. The van der Waals surface area contributed by atoms with E-state index in [1.54, 1.807) is 5.32 Å². The van der Waals surface area contributed by atoms with E-state index in [0.717, 1.165) is 0 Å². The molecule has 1 N–H and O–H groups in total. The molecular formula is C10H8ClF4NO2. The second-order valence-corrected chi connectivity index (χ2v) is 3.75. The summed E-state index contributed by atoms with van der Waals surface area (Å²) in [6, 6.07) is 5.60. The molecule has 0 saturated carbocycles. The molecule has 0 heterocycles. The maximum absolute atomic E-state index is 13.1. The first-order valence-electron chi connectivity index (χ1n) is 4.59. The molecule has 18 heavy (non-hydrogen) atoms. The standard InChI is InChI=1S/C10H8ClF4NO2/c1-18-7-5-3-2-4-6(7)16-8(17)9(11,12)10(13,14)15/h2-5H,1H3,(H,16,17)/t9-/m1/s1. The van der Waals surface area contributed by atoms with Crippen molar-refractivity contribution in [2.24, 2.45) is 0 Å². The van der Waals surface area contributed by atoms with Gasteiger partial charge in [-0.05, 0) is 12.1 Å². The van der Waals surface area contributed by atoms with E-state index >= 15 is 0 Å². The second-order valence-electron chi connectivity index (χ2n) is 3.23. The number of nitrogens with one attached hydrogen (secondary N) is 1. The van der Waals surface area contributed by atoms with Crippen LogP contribution in [0.5, 0.6) is 5.75 Å². The van der Waals surface area contributed by atoms with Crippen LogP contribution in [0, 0.1) is 0 Å². The zero-order valence-corrected chi connectivity index (χ0v) is 9.77. The topological polar surface area (TPSA) is 38.3 Å². The number of amides is 1. The molecule has 100 valence electrons. The second kappa shape index (κ2) is 5.01. The Labute approximate surface area is 105 Å². The van der Waals surface area contributed by atoms with E-state index in [-0.39, 0.29) is 11.4 Å². The minimum absolute atomic E-state index is 0.0838. The zero-order valence-electron chi connectivity index (χ0n) is 9.02. The zero-order chi connectivity index (χ0) is 14.0. The number of carbonyl (C=O) groups excluding carboxylic acids is 1. The van der Waals surface area contributed by atoms with Crippen LogP contribution in [-0.2, 0) is 4.79 Å². The van der Waals surface area contributed by atoms with E-state index in [1.165, 1.54) is 31.4 Å². The summed E-state index contributed by atoms with van der Waals surface area (Å²) in [6.07, 6.45) is -5.51. The van der Waals surface area contributed by atoms with Crippen molar-refractivity contribution in [2.45, 2.75) is 11.3 Å². The molecule has 0 spiro atoms. The van der Waals surface area contributed by atoms with Gasteiger partial charge in [0.1, 0.15) is 5.75 Å². The number of alkyl halides is 5. The highest BCUT2D eigenvalue weighted by molar-refractivity contribution is 6.36. The molecule has 0 aliphatic heterocycles. The predicted molar refractivity (Wildman–Crippen MR) is 57.4 cm³/mol. The fourth-order valence-electron chi connectivity index (χ4n) is 1.08. The van der Waals surface area contributed by atoms with Gasteiger partial charge in [-0.15, -0.1) is 0 Å². The summed E-state index contributed by atoms with van der Waals surface area (Å²) in [5.74, 6) is -1.94. The van der Waals surface area contributed by atoms with Gasteiger partial charge in [-0.2, -0.15) is 13.2 Å². The summed E-state index contributed by atoms with van der Waals surface area (Å²) in [4.78, 5) is 11.2. The Bertz CT molecular complexity index is 448. The molecule has 1 atom stereocenters. The number of rotatable bonds is 3. The van der Waals surface area contributed by atoms with Gasteiger partial charge in [-0.25, -0.2) is 4.39 Å². The lowest BCUT2D eigenvalue weighted by molar-refractivity contribution is -0.197. The van der Waals surface area contributed by atoms with Crippen molar-refractivity contribution >= 4 is 23.2 Å². The number of carbonyl (C=O) groups is 1. The minimum atomic E-state index is -5.51. The quantitative estimate of drug-likeness (QED) is 0.684. The van der Waals surface area contributed by atoms with E-state index in [2.05, 4.69) is 11.6 Å². The van der Waals surface area contributed by atoms with Crippen LogP contribution in [0.3, 0.4) is 0 Å². The molecule has 0 saturated heterocycles. The van der Waals surface area contributed by atoms with Gasteiger partial charge in [-0.3, -0.25) is 4.79 Å². The number of halogens is 5. The minimum Gasteiger partial charge on any atom is -0.495 e. The molecule has 0 fully saturated rings. The number of ether oxygens (including phenoxy) is 1. The van der Waals surface area contributed by atoms with Crippen LogP contribution in [0.4, 0.5) is 23.2 Å². The molecule has 3 nitrogen and oxygen atoms in total. The third-order valence-corrected chi connectivity index (χ3v) is 2.38. The molecule has 1 aromatic rings. The van der Waals surface area contributed by atoms with Crippen molar-refractivity contribution in [3.05, 3.63) is 24.3 Å². The lowest BCUT2D eigenvalue weighted by Gasteiger charge is -2.20. The Hall–Kier alpha value is -1.50. The summed E-state index contributed by atoms with van der Waals surface area (Å²) in [6.45, 7) is 0. The molecule has 0 aliphatic carbocycles. The van der Waals surface area contributed by atoms with Crippen molar-refractivity contribution < 1.29 is 27.1 Å². The molecule has 1 aromatic carbocycles. The van der Waals surface area contributed by atoms with Crippen molar-refractivity contribution in [1.82, 2.24) is 0 Å². The molecule has 0 aliphatic rings. The Morgan fingerprint density at radius 1 is 1.28 bits per heavy atom. The van der Waals surface area contributed by atoms with Crippen molar-refractivity contribution in [3.8, 4) is 5.75 Å². The Morgan fingerprint density at radius 3 is 2.33 bits per heavy atom. The van der Waals surface area contributed by atoms with E-state index in [4.69, 9.17) is 4.74 Å². The van der Waals surface area contributed by atoms with Gasteiger partial charge >= 0.3 is 11.3 Å². The highest BCUT2D eigenvalue weighted by Crippen LogP contribution is 2.39. The SMILES string of the molecule is COc1ccccc1NC(=O)[C@](F)(Cl)C(F)(F)F. The molecule has 8 heteroatoms. The van der Waals surface area contributed by atoms with E-state index in [0.29, 0.717) is 0 Å². The highest BCUT2D eigenvalue weighted by Gasteiger charge is 2.61. The first-order chi connectivity index (χ1) is 8.20. The largest absolute Gasteiger partial charge is 0.495 e. The smallest absolute Gasteiger partial charge is 0.446 e. The summed E-state index contributed by atoms with van der Waals surface area (Å²) >= 11 is 4.56. The van der Waals surface area contributed by atoms with Crippen molar-refractivity contribution in [1.29, 1.82) is 0 Å². The Morgan fingerprint density at radius 2 is 1.83 bits per heavy atom. The van der Waals surface area contributed by atoms with Crippen LogP contribution in [-0.4, -0.2) is 24.3 Å². The fraction of sp³-hybridized carbons (Fsp3) is 0.300. The molecule has 1 rings (SSSR count). The first-order valence-corrected chi connectivity index (χ1v) is 4.97. The highest BCUT2D eigenvalue weighted by atomic mass is 35.5. The van der Waals surface area contributed by atoms with Gasteiger partial charge in [0.25, 0.3) is 5.91 Å². The summed E-state index contributed by atoms with van der Waals surface area (Å²) < 4.78 is 54.4. The summed E-state index contributed by atoms with van der Waals surface area (Å²) in [5.41, 5.74) is -0.114. The lowest BCUT2D eigenvalue weighted by atomic mass is 10.2. The fourth-order valence-corrected chi connectivity index (χ4v) is 1.12. The Balaban J connectivity index is 2.95. The van der Waals surface area contributed by atoms with Crippen LogP contribution < -0.4 is 10.1 Å². The van der Waals surface area contributed by atoms with Gasteiger partial charge in [0.2, 0.25) is 0 Å². The average Bonchev–Trinajstić information content (AvgIpc) is 2.28. The van der Waals surface area contributed by atoms with Gasteiger partial charge in [-0.1, -0.05) is 23.7 Å². The monoisotopic (exact) mass is 285 g/mol. The third-order valence-electron chi connectivity index (χ3n) is 2.00. The van der Waals surface area contributed by atoms with E-state index in [9.17, 15) is 22.4 Å². The maximum Gasteiger partial charge on any atom is 0.446 e. The predicted octanol–water partition coefficient (Wildman–Crippen LogP) is 3.10. The first kappa shape index (κ1) is 14.6. The number of anilines is 1. The molecule has 1 amide bonds. The number of hydrogen-bond donors (Lipinski definition) is 1.